The topological polar surface area (TPSA) is 135 Å². The second kappa shape index (κ2) is 8.80. The number of hydrogen-bond donors (Lipinski definition) is 2. The Morgan fingerprint density at radius 1 is 1.22 bits per heavy atom. The zero-order valence-electron chi connectivity index (χ0n) is 20.4. The number of fused-ring (bicyclic) bond motifs is 3. The lowest BCUT2D eigenvalue weighted by molar-refractivity contribution is -0.00225. The Hall–Kier alpha value is -4.07. The van der Waals surface area contributed by atoms with Crippen LogP contribution in [0.25, 0.3) is 28.1 Å². The molecule has 2 N–H and O–H groups in total. The summed E-state index contributed by atoms with van der Waals surface area (Å²) < 4.78 is 5.09. The van der Waals surface area contributed by atoms with Crippen LogP contribution in [0.15, 0.2) is 59.8 Å². The molecule has 0 radical (unpaired) electrons. The van der Waals surface area contributed by atoms with Gasteiger partial charge in [0.05, 0.1) is 35.0 Å². The summed E-state index contributed by atoms with van der Waals surface area (Å²) in [7, 11) is 0. The van der Waals surface area contributed by atoms with Crippen LogP contribution in [0.5, 0.6) is 0 Å². The van der Waals surface area contributed by atoms with Gasteiger partial charge in [-0.3, -0.25) is 13.7 Å². The van der Waals surface area contributed by atoms with Crippen molar-refractivity contribution in [2.45, 2.75) is 44.9 Å². The van der Waals surface area contributed by atoms with Crippen LogP contribution < -0.4 is 5.69 Å². The van der Waals surface area contributed by atoms with Gasteiger partial charge in [-0.15, -0.1) is 0 Å². The van der Waals surface area contributed by atoms with Crippen molar-refractivity contribution in [3.05, 3.63) is 71.1 Å². The third-order valence-corrected chi connectivity index (χ3v) is 7.91. The average Bonchev–Trinajstić information content (AvgIpc) is 3.45. The molecule has 1 saturated carbocycles. The highest BCUT2D eigenvalue weighted by Gasteiger charge is 2.48. The molecular weight excluding hydrogens is 470 g/mol. The Morgan fingerprint density at radius 3 is 2.89 bits per heavy atom. The Kier molecular flexibility index (Phi) is 5.55. The molecule has 0 bridgehead atoms. The number of allylic oxidation sites excluding steroid dienone is 3. The largest absolute Gasteiger partial charge is 0.396 e. The van der Waals surface area contributed by atoms with Crippen molar-refractivity contribution in [2.24, 2.45) is 11.3 Å². The van der Waals surface area contributed by atoms with E-state index in [2.05, 4.69) is 29.0 Å². The second-order valence-corrected chi connectivity index (χ2v) is 9.99. The molecule has 4 atom stereocenters. The minimum absolute atomic E-state index is 0.0384. The first-order valence-electron chi connectivity index (χ1n) is 12.5. The van der Waals surface area contributed by atoms with Gasteiger partial charge in [0, 0.05) is 30.5 Å². The van der Waals surface area contributed by atoms with Gasteiger partial charge in [-0.2, -0.15) is 10.2 Å². The van der Waals surface area contributed by atoms with Crippen molar-refractivity contribution in [1.82, 2.24) is 28.7 Å². The van der Waals surface area contributed by atoms with Crippen molar-refractivity contribution in [3.63, 3.8) is 0 Å². The fourth-order valence-corrected chi connectivity index (χ4v) is 6.00. The predicted molar refractivity (Wildman–Crippen MR) is 137 cm³/mol. The molecule has 0 saturated heterocycles. The summed E-state index contributed by atoms with van der Waals surface area (Å²) in [4.78, 5) is 27.8. The van der Waals surface area contributed by atoms with Gasteiger partial charge in [0.1, 0.15) is 11.8 Å². The molecule has 4 aromatic rings. The number of imidazole rings is 2. The number of aromatic nitrogens is 6. The summed E-state index contributed by atoms with van der Waals surface area (Å²) >= 11 is 0. The Balaban J connectivity index is 1.57. The molecule has 0 aliphatic heterocycles. The molecule has 6 rings (SSSR count). The number of nitriles is 1. The van der Waals surface area contributed by atoms with Crippen LogP contribution in [0.4, 0.5) is 0 Å². The summed E-state index contributed by atoms with van der Waals surface area (Å²) in [5.41, 5.74) is 2.29. The van der Waals surface area contributed by atoms with Crippen LogP contribution in [0, 0.1) is 22.7 Å². The average molecular weight is 498 g/mol. The van der Waals surface area contributed by atoms with E-state index >= 15 is 0 Å². The molecule has 2 aliphatic rings. The van der Waals surface area contributed by atoms with E-state index in [0.29, 0.717) is 59.5 Å². The maximum Gasteiger partial charge on any atom is 0.330 e. The normalized spacial score (nSPS) is 25.0. The molecule has 2 aliphatic carbocycles. The van der Waals surface area contributed by atoms with Gasteiger partial charge in [0.25, 0.3) is 0 Å². The molecule has 1 aromatic carbocycles. The van der Waals surface area contributed by atoms with Gasteiger partial charge in [0.2, 0.25) is 5.95 Å². The van der Waals surface area contributed by atoms with E-state index < -0.39 is 11.5 Å². The number of hydrogen-bond acceptors (Lipinski definition) is 7. The number of aliphatic hydroxyl groups is 2. The Morgan fingerprint density at radius 2 is 2.08 bits per heavy atom. The molecule has 1 fully saturated rings. The third-order valence-electron chi connectivity index (χ3n) is 7.91. The van der Waals surface area contributed by atoms with Gasteiger partial charge in [-0.25, -0.2) is 14.8 Å². The number of aryl methyl sites for hydroxylation is 1. The summed E-state index contributed by atoms with van der Waals surface area (Å²) in [6, 6.07) is 7.14. The number of benzene rings is 1. The first-order valence-corrected chi connectivity index (χ1v) is 12.5. The second-order valence-electron chi connectivity index (χ2n) is 9.99. The predicted octanol–water partition coefficient (Wildman–Crippen LogP) is 2.63. The Labute approximate surface area is 212 Å². The molecule has 0 amide bonds. The van der Waals surface area contributed by atoms with E-state index in [9.17, 15) is 20.3 Å². The molecular formula is C27H27N7O3. The first-order chi connectivity index (χ1) is 18.0. The maximum atomic E-state index is 13.9. The Bertz CT molecular complexity index is 1670. The lowest BCUT2D eigenvalue weighted by Gasteiger charge is -2.48. The van der Waals surface area contributed by atoms with Crippen molar-refractivity contribution in [2.75, 3.05) is 6.61 Å². The molecule has 37 heavy (non-hydrogen) atoms. The van der Waals surface area contributed by atoms with Crippen LogP contribution in [0.1, 0.15) is 37.8 Å². The summed E-state index contributed by atoms with van der Waals surface area (Å²) in [6.07, 6.45) is 12.4. The zero-order valence-corrected chi connectivity index (χ0v) is 20.4. The van der Waals surface area contributed by atoms with Crippen molar-refractivity contribution in [3.8, 4) is 12.0 Å². The molecule has 10 heteroatoms. The van der Waals surface area contributed by atoms with E-state index in [1.54, 1.807) is 44.4 Å². The lowest BCUT2D eigenvalue weighted by Crippen LogP contribution is -2.48. The third kappa shape index (κ3) is 3.54. The van der Waals surface area contributed by atoms with Gasteiger partial charge >= 0.3 is 5.69 Å². The number of aliphatic hydroxyl groups excluding tert-OH is 2. The highest BCUT2D eigenvalue weighted by molar-refractivity contribution is 5.79. The van der Waals surface area contributed by atoms with Crippen molar-refractivity contribution in [1.29, 1.82) is 5.26 Å². The van der Waals surface area contributed by atoms with Crippen LogP contribution in [0.2, 0.25) is 0 Å². The first kappa shape index (κ1) is 23.3. The standard InChI is InChI=1S/C27H27N7O3/c1-27-10-3-2-5-18(27)22(36)8-9-23(27)34-24-21(32(26(34)37)11-4-12-35)15-29-25(31-24)33-16-30-19-7-6-17(14-28)13-20(19)33/h2-3,5-7,10,13,15-16,18,22-23,35-36H,4,8-9,11-12H2,1H3/t18?,22-,23?,27?/m1/s1. The number of nitrogens with zero attached hydrogens (tertiary/aromatic N) is 7. The molecule has 3 heterocycles. The van der Waals surface area contributed by atoms with Gasteiger partial charge in [-0.05, 0) is 37.5 Å². The van der Waals surface area contributed by atoms with Crippen LogP contribution in [-0.2, 0) is 6.54 Å². The van der Waals surface area contributed by atoms with E-state index in [1.807, 2.05) is 18.2 Å². The minimum Gasteiger partial charge on any atom is -0.396 e. The summed E-state index contributed by atoms with van der Waals surface area (Å²) in [5, 5.41) is 29.6. The van der Waals surface area contributed by atoms with Crippen LogP contribution in [0.3, 0.4) is 0 Å². The fourth-order valence-electron chi connectivity index (χ4n) is 6.00. The summed E-state index contributed by atoms with van der Waals surface area (Å²) in [6.45, 7) is 2.39. The molecule has 10 nitrogen and oxygen atoms in total. The number of rotatable bonds is 5. The van der Waals surface area contributed by atoms with Crippen LogP contribution in [-0.4, -0.2) is 51.6 Å². The minimum atomic E-state index is -0.488. The van der Waals surface area contributed by atoms with Gasteiger partial charge in [0.15, 0.2) is 5.65 Å². The van der Waals surface area contributed by atoms with E-state index in [-0.39, 0.29) is 24.3 Å². The van der Waals surface area contributed by atoms with Crippen molar-refractivity contribution < 1.29 is 10.2 Å². The monoisotopic (exact) mass is 497 g/mol. The van der Waals surface area contributed by atoms with E-state index in [1.165, 1.54) is 0 Å². The smallest absolute Gasteiger partial charge is 0.330 e. The lowest BCUT2D eigenvalue weighted by atomic mass is 9.61. The molecule has 3 aromatic heterocycles. The van der Waals surface area contributed by atoms with E-state index in [4.69, 9.17) is 4.98 Å². The van der Waals surface area contributed by atoms with Crippen LogP contribution >= 0.6 is 0 Å². The molecule has 0 spiro atoms. The summed E-state index contributed by atoms with van der Waals surface area (Å²) in [5.74, 6) is 0.220. The van der Waals surface area contributed by atoms with Gasteiger partial charge in [-0.1, -0.05) is 31.2 Å². The fraction of sp³-hybridized carbons (Fsp3) is 0.370. The maximum absolute atomic E-state index is 13.9. The van der Waals surface area contributed by atoms with E-state index in [0.717, 1.165) is 0 Å². The SMILES string of the molecule is CC12C=CC=CC1[C@H](O)CCC2n1c(=O)n(CCCO)c2cnc(-n3cnc4ccc(C#N)cc43)nc21. The highest BCUT2D eigenvalue weighted by Crippen LogP contribution is 2.51. The highest BCUT2D eigenvalue weighted by atomic mass is 16.3. The van der Waals surface area contributed by atoms with Gasteiger partial charge < -0.3 is 10.2 Å². The quantitative estimate of drug-likeness (QED) is 0.433. The molecule has 3 unspecified atom stereocenters. The zero-order chi connectivity index (χ0) is 25.7. The molecule has 188 valence electrons. The van der Waals surface area contributed by atoms with Crippen molar-refractivity contribution >= 4 is 22.2 Å².